The molecule has 0 aliphatic heterocycles. The summed E-state index contributed by atoms with van der Waals surface area (Å²) in [4.78, 5) is 0. The zero-order valence-corrected chi connectivity index (χ0v) is 8.79. The van der Waals surface area contributed by atoms with E-state index in [0.717, 1.165) is 0 Å². The molecule has 0 N–H and O–H groups in total. The van der Waals surface area contributed by atoms with Gasteiger partial charge in [-0.05, 0) is 12.1 Å². The van der Waals surface area contributed by atoms with Gasteiger partial charge in [-0.3, -0.25) is 0 Å². The van der Waals surface area contributed by atoms with Gasteiger partial charge in [0.2, 0.25) is 0 Å². The highest BCUT2D eigenvalue weighted by atomic mass is 79.9. The van der Waals surface area contributed by atoms with Crippen LogP contribution in [-0.4, -0.2) is 5.16 Å². The van der Waals surface area contributed by atoms with Crippen molar-refractivity contribution in [2.24, 2.45) is 0 Å². The predicted molar refractivity (Wildman–Crippen MR) is 54.5 cm³/mol. The molecule has 1 aromatic heterocycles. The summed E-state index contributed by atoms with van der Waals surface area (Å²) in [5, 5.41) is 4.35. The van der Waals surface area contributed by atoms with Gasteiger partial charge in [-0.25, -0.2) is 4.39 Å². The van der Waals surface area contributed by atoms with Gasteiger partial charge in [0.05, 0.1) is 5.33 Å². The van der Waals surface area contributed by atoms with Gasteiger partial charge in [-0.1, -0.05) is 33.2 Å². The minimum Gasteiger partial charge on any atom is -0.360 e. The average Bonchev–Trinajstić information content (AvgIpc) is 2.67. The fourth-order valence-corrected chi connectivity index (χ4v) is 1.44. The SMILES string of the molecule is Fc1ccccc1-c1cc(CBr)on1. The van der Waals surface area contributed by atoms with Crippen LogP contribution < -0.4 is 0 Å². The van der Waals surface area contributed by atoms with E-state index >= 15 is 0 Å². The average molecular weight is 256 g/mol. The maximum absolute atomic E-state index is 13.3. The van der Waals surface area contributed by atoms with Gasteiger partial charge >= 0.3 is 0 Å². The van der Waals surface area contributed by atoms with Crippen LogP contribution in [0.1, 0.15) is 5.76 Å². The second-order valence-corrected chi connectivity index (χ2v) is 3.35. The van der Waals surface area contributed by atoms with E-state index in [1.54, 1.807) is 24.3 Å². The number of aromatic nitrogens is 1. The zero-order chi connectivity index (χ0) is 9.97. The highest BCUT2D eigenvalue weighted by molar-refractivity contribution is 9.08. The van der Waals surface area contributed by atoms with Crippen LogP contribution in [0.3, 0.4) is 0 Å². The van der Waals surface area contributed by atoms with Gasteiger partial charge in [0.1, 0.15) is 17.3 Å². The van der Waals surface area contributed by atoms with Gasteiger partial charge in [-0.15, -0.1) is 0 Å². The predicted octanol–water partition coefficient (Wildman–Crippen LogP) is 3.38. The van der Waals surface area contributed by atoms with Crippen molar-refractivity contribution in [3.05, 3.63) is 41.9 Å². The quantitative estimate of drug-likeness (QED) is 0.770. The van der Waals surface area contributed by atoms with Crippen molar-refractivity contribution in [2.45, 2.75) is 5.33 Å². The molecule has 0 amide bonds. The maximum Gasteiger partial charge on any atom is 0.147 e. The Morgan fingerprint density at radius 2 is 2.14 bits per heavy atom. The van der Waals surface area contributed by atoms with Gasteiger partial charge in [-0.2, -0.15) is 0 Å². The Kier molecular flexibility index (Phi) is 2.63. The molecule has 0 bridgehead atoms. The molecule has 2 aromatic rings. The lowest BCUT2D eigenvalue weighted by atomic mass is 10.1. The van der Waals surface area contributed by atoms with Crippen molar-refractivity contribution < 1.29 is 8.91 Å². The monoisotopic (exact) mass is 255 g/mol. The molecule has 0 unspecified atom stereocenters. The van der Waals surface area contributed by atoms with Crippen LogP contribution in [0.2, 0.25) is 0 Å². The Hall–Kier alpha value is -1.16. The minimum absolute atomic E-state index is 0.290. The second-order valence-electron chi connectivity index (χ2n) is 2.79. The molecule has 2 rings (SSSR count). The lowest BCUT2D eigenvalue weighted by Gasteiger charge is -1.95. The highest BCUT2D eigenvalue weighted by Crippen LogP contribution is 2.22. The van der Waals surface area contributed by atoms with Crippen molar-refractivity contribution in [2.75, 3.05) is 0 Å². The lowest BCUT2D eigenvalue weighted by molar-refractivity contribution is 0.397. The van der Waals surface area contributed by atoms with Crippen molar-refractivity contribution in [1.82, 2.24) is 5.16 Å². The number of nitrogens with zero attached hydrogens (tertiary/aromatic N) is 1. The van der Waals surface area contributed by atoms with Crippen LogP contribution in [0.15, 0.2) is 34.9 Å². The first-order valence-corrected chi connectivity index (χ1v) is 5.20. The number of rotatable bonds is 2. The summed E-state index contributed by atoms with van der Waals surface area (Å²) in [7, 11) is 0. The molecule has 72 valence electrons. The molecule has 1 heterocycles. The van der Waals surface area contributed by atoms with Crippen molar-refractivity contribution in [3.8, 4) is 11.3 Å². The fourth-order valence-electron chi connectivity index (χ4n) is 1.17. The summed E-state index contributed by atoms with van der Waals surface area (Å²) in [5.74, 6) is 0.394. The van der Waals surface area contributed by atoms with Crippen molar-refractivity contribution >= 4 is 15.9 Å². The smallest absolute Gasteiger partial charge is 0.147 e. The molecule has 0 saturated carbocycles. The van der Waals surface area contributed by atoms with Crippen LogP contribution in [-0.2, 0) is 5.33 Å². The first kappa shape index (κ1) is 9.40. The molecule has 0 atom stereocenters. The van der Waals surface area contributed by atoms with Crippen molar-refractivity contribution in [1.29, 1.82) is 0 Å². The third-order valence-electron chi connectivity index (χ3n) is 1.84. The molecule has 0 aliphatic rings. The lowest BCUT2D eigenvalue weighted by Crippen LogP contribution is -1.82. The number of hydrogen-bond donors (Lipinski definition) is 0. The minimum atomic E-state index is -0.290. The molecule has 4 heteroatoms. The van der Waals surface area contributed by atoms with E-state index in [2.05, 4.69) is 21.1 Å². The second kappa shape index (κ2) is 3.92. The van der Waals surface area contributed by atoms with Gasteiger partial charge < -0.3 is 4.52 Å². The van der Waals surface area contributed by atoms with Crippen LogP contribution in [0.5, 0.6) is 0 Å². The Morgan fingerprint density at radius 1 is 1.36 bits per heavy atom. The number of halogens is 2. The summed E-state index contributed by atoms with van der Waals surface area (Å²) in [6.07, 6.45) is 0. The molecule has 14 heavy (non-hydrogen) atoms. The maximum atomic E-state index is 13.3. The van der Waals surface area contributed by atoms with E-state index in [4.69, 9.17) is 4.52 Å². The number of hydrogen-bond acceptors (Lipinski definition) is 2. The van der Waals surface area contributed by atoms with Gasteiger partial charge in [0.25, 0.3) is 0 Å². The van der Waals surface area contributed by atoms with E-state index in [-0.39, 0.29) is 5.82 Å². The van der Waals surface area contributed by atoms with Crippen LogP contribution in [0.4, 0.5) is 4.39 Å². The first-order chi connectivity index (χ1) is 6.81. The number of benzene rings is 1. The highest BCUT2D eigenvalue weighted by Gasteiger charge is 2.09. The summed E-state index contributed by atoms with van der Waals surface area (Å²) in [6.45, 7) is 0. The third kappa shape index (κ3) is 1.70. The third-order valence-corrected chi connectivity index (χ3v) is 2.39. The summed E-state index contributed by atoms with van der Waals surface area (Å²) in [5.41, 5.74) is 0.987. The standard InChI is InChI=1S/C10H7BrFNO/c11-6-7-5-10(13-14-7)8-3-1-2-4-9(8)12/h1-5H,6H2. The topological polar surface area (TPSA) is 26.0 Å². The van der Waals surface area contributed by atoms with Gasteiger partial charge in [0, 0.05) is 11.6 Å². The summed E-state index contributed by atoms with van der Waals surface area (Å²) in [6, 6.07) is 8.20. The van der Waals surface area contributed by atoms with Crippen LogP contribution in [0, 0.1) is 5.82 Å². The molecule has 0 radical (unpaired) electrons. The fraction of sp³-hybridized carbons (Fsp3) is 0.100. The zero-order valence-electron chi connectivity index (χ0n) is 7.21. The molecular formula is C10H7BrFNO. The van der Waals surface area contributed by atoms with E-state index in [1.165, 1.54) is 6.07 Å². The Labute approximate surface area is 88.9 Å². The molecule has 2 nitrogen and oxygen atoms in total. The molecule has 1 aromatic carbocycles. The molecule has 0 saturated heterocycles. The summed E-state index contributed by atoms with van der Waals surface area (Å²) >= 11 is 3.23. The van der Waals surface area contributed by atoms with Crippen molar-refractivity contribution in [3.63, 3.8) is 0 Å². The normalized spacial score (nSPS) is 10.4. The largest absolute Gasteiger partial charge is 0.360 e. The van der Waals surface area contributed by atoms with E-state index in [9.17, 15) is 4.39 Å². The van der Waals surface area contributed by atoms with Crippen LogP contribution >= 0.6 is 15.9 Å². The Morgan fingerprint density at radius 3 is 2.79 bits per heavy atom. The van der Waals surface area contributed by atoms with E-state index in [1.807, 2.05) is 0 Å². The first-order valence-electron chi connectivity index (χ1n) is 4.07. The van der Waals surface area contributed by atoms with E-state index < -0.39 is 0 Å². The Bertz CT molecular complexity index is 441. The molecule has 0 aliphatic carbocycles. The summed E-state index contributed by atoms with van der Waals surface area (Å²) < 4.78 is 18.3. The molecular weight excluding hydrogens is 249 g/mol. The van der Waals surface area contributed by atoms with Crippen LogP contribution in [0.25, 0.3) is 11.3 Å². The van der Waals surface area contributed by atoms with E-state index in [0.29, 0.717) is 22.3 Å². The Balaban J connectivity index is 2.44. The van der Waals surface area contributed by atoms with Gasteiger partial charge in [0.15, 0.2) is 0 Å². The molecule has 0 spiro atoms. The number of alkyl halides is 1. The molecule has 0 fully saturated rings.